The lowest BCUT2D eigenvalue weighted by molar-refractivity contribution is 0.211. The van der Waals surface area contributed by atoms with Gasteiger partial charge in [0.15, 0.2) is 0 Å². The molecule has 0 unspecified atom stereocenters. The van der Waals surface area contributed by atoms with Gasteiger partial charge in [-0.3, -0.25) is 4.99 Å². The van der Waals surface area contributed by atoms with Crippen LogP contribution >= 0.6 is 0 Å². The highest BCUT2D eigenvalue weighted by Crippen LogP contribution is 2.17. The van der Waals surface area contributed by atoms with E-state index in [4.69, 9.17) is 4.74 Å². The fourth-order valence-electron chi connectivity index (χ4n) is 1.36. The summed E-state index contributed by atoms with van der Waals surface area (Å²) in [5, 5.41) is 0. The van der Waals surface area contributed by atoms with Crippen LogP contribution in [0.3, 0.4) is 0 Å². The average Bonchev–Trinajstić information content (AvgIpc) is 2.05. The van der Waals surface area contributed by atoms with Crippen molar-refractivity contribution in [2.24, 2.45) is 4.99 Å². The van der Waals surface area contributed by atoms with Crippen LogP contribution in [0, 0.1) is 0 Å². The van der Waals surface area contributed by atoms with Crippen LogP contribution in [0.2, 0.25) is 0 Å². The van der Waals surface area contributed by atoms with E-state index in [1.54, 1.807) is 0 Å². The molecule has 0 amide bonds. The van der Waals surface area contributed by atoms with E-state index < -0.39 is 0 Å². The molecule has 0 atom stereocenters. The van der Waals surface area contributed by atoms with Crippen molar-refractivity contribution >= 4 is 5.71 Å². The largest absolute Gasteiger partial charge is 0.492 e. The smallest absolute Gasteiger partial charge is 0.136 e. The third-order valence-corrected chi connectivity index (χ3v) is 1.86. The first-order valence-electron chi connectivity index (χ1n) is 3.83. The van der Waals surface area contributed by atoms with Gasteiger partial charge in [-0.2, -0.15) is 0 Å². The van der Waals surface area contributed by atoms with Crippen molar-refractivity contribution in [3.05, 3.63) is 11.8 Å². The second-order valence-electron chi connectivity index (χ2n) is 2.64. The highest BCUT2D eigenvalue weighted by atomic mass is 16.5. The standard InChI is InChI=1S/C8H11NO/c1-4-8-7(9-5-1)3-2-6-10-8/h4H,1-3,5-6H2. The fraction of sp³-hybridized carbons (Fsp3) is 0.625. The van der Waals surface area contributed by atoms with Crippen LogP contribution in [-0.4, -0.2) is 18.9 Å². The van der Waals surface area contributed by atoms with Crippen LogP contribution in [-0.2, 0) is 4.74 Å². The first-order valence-corrected chi connectivity index (χ1v) is 3.83. The summed E-state index contributed by atoms with van der Waals surface area (Å²) in [6.45, 7) is 1.84. The summed E-state index contributed by atoms with van der Waals surface area (Å²) in [5.74, 6) is 1.05. The first kappa shape index (κ1) is 5.96. The van der Waals surface area contributed by atoms with Crippen molar-refractivity contribution in [1.82, 2.24) is 0 Å². The van der Waals surface area contributed by atoms with E-state index in [-0.39, 0.29) is 0 Å². The van der Waals surface area contributed by atoms with Crippen LogP contribution < -0.4 is 0 Å². The van der Waals surface area contributed by atoms with Crippen LogP contribution in [0.1, 0.15) is 19.3 Å². The number of allylic oxidation sites excluding steroid dienone is 1. The maximum atomic E-state index is 5.41. The second-order valence-corrected chi connectivity index (χ2v) is 2.64. The second kappa shape index (κ2) is 2.45. The van der Waals surface area contributed by atoms with Crippen LogP contribution in [0.4, 0.5) is 0 Å². The number of rotatable bonds is 0. The number of nitrogens with zero attached hydrogens (tertiary/aromatic N) is 1. The molecule has 0 aromatic heterocycles. The third kappa shape index (κ3) is 0.939. The van der Waals surface area contributed by atoms with Gasteiger partial charge in [0.25, 0.3) is 0 Å². The fourth-order valence-corrected chi connectivity index (χ4v) is 1.36. The van der Waals surface area contributed by atoms with Gasteiger partial charge < -0.3 is 4.74 Å². The van der Waals surface area contributed by atoms with Crippen molar-refractivity contribution in [2.45, 2.75) is 19.3 Å². The van der Waals surface area contributed by atoms with E-state index in [1.807, 2.05) is 0 Å². The monoisotopic (exact) mass is 137 g/mol. The zero-order valence-electron chi connectivity index (χ0n) is 5.97. The van der Waals surface area contributed by atoms with Gasteiger partial charge in [0.05, 0.1) is 12.3 Å². The molecule has 1 fully saturated rings. The molecule has 2 rings (SSSR count). The maximum absolute atomic E-state index is 5.41. The average molecular weight is 137 g/mol. The molecule has 0 radical (unpaired) electrons. The van der Waals surface area contributed by atoms with Crippen molar-refractivity contribution < 1.29 is 4.74 Å². The summed E-state index contributed by atoms with van der Waals surface area (Å²) in [4.78, 5) is 4.37. The third-order valence-electron chi connectivity index (χ3n) is 1.86. The molecule has 10 heavy (non-hydrogen) atoms. The topological polar surface area (TPSA) is 21.6 Å². The van der Waals surface area contributed by atoms with E-state index in [0.29, 0.717) is 0 Å². The Hall–Kier alpha value is -0.790. The van der Waals surface area contributed by atoms with Gasteiger partial charge in [-0.1, -0.05) is 0 Å². The van der Waals surface area contributed by atoms with Crippen LogP contribution in [0.15, 0.2) is 16.8 Å². The molecule has 54 valence electrons. The molecule has 1 saturated heterocycles. The van der Waals surface area contributed by atoms with E-state index >= 15 is 0 Å². The molecule has 2 heteroatoms. The number of hydrogen-bond acceptors (Lipinski definition) is 2. The Morgan fingerprint density at radius 2 is 2.50 bits per heavy atom. The Labute approximate surface area is 60.6 Å². The zero-order valence-corrected chi connectivity index (χ0v) is 5.97. The Balaban J connectivity index is 2.19. The van der Waals surface area contributed by atoms with Gasteiger partial charge in [-0.05, 0) is 25.3 Å². The van der Waals surface area contributed by atoms with E-state index in [2.05, 4.69) is 11.1 Å². The molecule has 0 aromatic rings. The normalized spacial score (nSPS) is 24.0. The molecule has 0 spiro atoms. The minimum atomic E-state index is 0.880. The molecule has 2 aliphatic heterocycles. The quantitative estimate of drug-likeness (QED) is 0.496. The van der Waals surface area contributed by atoms with E-state index in [1.165, 1.54) is 5.71 Å². The summed E-state index contributed by atoms with van der Waals surface area (Å²) in [6.07, 6.45) is 5.46. The van der Waals surface area contributed by atoms with Crippen molar-refractivity contribution in [3.8, 4) is 0 Å². The van der Waals surface area contributed by atoms with Gasteiger partial charge in [-0.25, -0.2) is 0 Å². The summed E-state index contributed by atoms with van der Waals surface area (Å²) in [6, 6.07) is 0. The number of hydrogen-bond donors (Lipinski definition) is 0. The summed E-state index contributed by atoms with van der Waals surface area (Å²) in [5.41, 5.74) is 1.19. The molecule has 0 aromatic carbocycles. The summed E-state index contributed by atoms with van der Waals surface area (Å²) >= 11 is 0. The highest BCUT2D eigenvalue weighted by Gasteiger charge is 2.15. The van der Waals surface area contributed by atoms with E-state index in [9.17, 15) is 0 Å². The van der Waals surface area contributed by atoms with Gasteiger partial charge in [0, 0.05) is 6.54 Å². The minimum Gasteiger partial charge on any atom is -0.492 e. The SMILES string of the molecule is C1=C2OCCCC2=NCC1. The Bertz CT molecular complexity index is 171. The van der Waals surface area contributed by atoms with Gasteiger partial charge in [-0.15, -0.1) is 0 Å². The lowest BCUT2D eigenvalue weighted by Crippen LogP contribution is -2.17. The lowest BCUT2D eigenvalue weighted by atomic mass is 10.1. The number of ether oxygens (including phenoxy) is 1. The first-order chi connectivity index (χ1) is 4.97. The Morgan fingerprint density at radius 1 is 1.50 bits per heavy atom. The molecule has 2 heterocycles. The predicted octanol–water partition coefficient (Wildman–Crippen LogP) is 1.53. The van der Waals surface area contributed by atoms with Gasteiger partial charge >= 0.3 is 0 Å². The number of fused-ring (bicyclic) bond motifs is 1. The van der Waals surface area contributed by atoms with Crippen molar-refractivity contribution in [3.63, 3.8) is 0 Å². The lowest BCUT2D eigenvalue weighted by Gasteiger charge is -2.20. The number of aliphatic imine (C=N–C) groups is 1. The van der Waals surface area contributed by atoms with E-state index in [0.717, 1.165) is 38.2 Å². The summed E-state index contributed by atoms with van der Waals surface area (Å²) < 4.78 is 5.41. The molecule has 0 saturated carbocycles. The van der Waals surface area contributed by atoms with Crippen molar-refractivity contribution in [2.75, 3.05) is 13.2 Å². The minimum absolute atomic E-state index is 0.880. The van der Waals surface area contributed by atoms with Crippen LogP contribution in [0.5, 0.6) is 0 Å². The molecule has 2 aliphatic rings. The molecule has 0 bridgehead atoms. The van der Waals surface area contributed by atoms with Gasteiger partial charge in [0.1, 0.15) is 5.76 Å². The predicted molar refractivity (Wildman–Crippen MR) is 40.2 cm³/mol. The molecular formula is C8H11NO. The zero-order chi connectivity index (χ0) is 6.81. The molecular weight excluding hydrogens is 126 g/mol. The molecule has 0 aliphatic carbocycles. The number of dihydropyridines is 1. The summed E-state index contributed by atoms with van der Waals surface area (Å²) in [7, 11) is 0. The molecule has 0 N–H and O–H groups in total. The Kier molecular flexibility index (Phi) is 1.46. The van der Waals surface area contributed by atoms with Crippen molar-refractivity contribution in [1.29, 1.82) is 0 Å². The van der Waals surface area contributed by atoms with Crippen LogP contribution in [0.25, 0.3) is 0 Å². The Morgan fingerprint density at radius 3 is 3.40 bits per heavy atom. The highest BCUT2D eigenvalue weighted by molar-refractivity contribution is 5.99. The maximum Gasteiger partial charge on any atom is 0.136 e. The molecule has 2 nitrogen and oxygen atoms in total. The van der Waals surface area contributed by atoms with Gasteiger partial charge in [0.2, 0.25) is 0 Å².